The Morgan fingerprint density at radius 1 is 1.24 bits per heavy atom. The van der Waals surface area contributed by atoms with Gasteiger partial charge in [-0.05, 0) is 42.3 Å². The van der Waals surface area contributed by atoms with Crippen molar-refractivity contribution in [2.75, 3.05) is 36.5 Å². The van der Waals surface area contributed by atoms with E-state index in [-0.39, 0.29) is 11.0 Å². The first kappa shape index (κ1) is 22.9. The fourth-order valence-corrected chi connectivity index (χ4v) is 3.65. The van der Waals surface area contributed by atoms with Crippen molar-refractivity contribution < 1.29 is 18.7 Å². The molecule has 1 aliphatic heterocycles. The van der Waals surface area contributed by atoms with Gasteiger partial charge in [0.1, 0.15) is 17.4 Å². The number of ether oxygens (including phenoxy) is 2. The minimum atomic E-state index is -0.494. The zero-order chi connectivity index (χ0) is 23.2. The minimum absolute atomic E-state index is 0.0134. The molecule has 0 aliphatic carbocycles. The summed E-state index contributed by atoms with van der Waals surface area (Å²) < 4.78 is 24.5. The molecule has 33 heavy (non-hydrogen) atoms. The highest BCUT2D eigenvalue weighted by molar-refractivity contribution is 6.31. The van der Waals surface area contributed by atoms with Crippen LogP contribution >= 0.6 is 11.6 Å². The van der Waals surface area contributed by atoms with Crippen LogP contribution in [0.3, 0.4) is 0 Å². The van der Waals surface area contributed by atoms with Gasteiger partial charge >= 0.3 is 5.97 Å². The first-order chi connectivity index (χ1) is 16.0. The van der Waals surface area contributed by atoms with Crippen molar-refractivity contribution in [2.24, 2.45) is 0 Å². The predicted molar refractivity (Wildman–Crippen MR) is 126 cm³/mol. The summed E-state index contributed by atoms with van der Waals surface area (Å²) in [5, 5.41) is 3.09. The molecule has 1 fully saturated rings. The number of morpholine rings is 1. The quantitative estimate of drug-likeness (QED) is 0.374. The summed E-state index contributed by atoms with van der Waals surface area (Å²) >= 11 is 5.90. The summed E-state index contributed by atoms with van der Waals surface area (Å²) in [7, 11) is 0. The molecule has 9 heteroatoms. The van der Waals surface area contributed by atoms with E-state index in [1.807, 2.05) is 25.1 Å². The SMILES string of the molecule is CCCC(=O)Oc1cccc(-c2cnc(Nc3ccc(F)c(Cl)c3)nc2N2CCOCC2)c1. The third kappa shape index (κ3) is 5.77. The van der Waals surface area contributed by atoms with Crippen molar-refractivity contribution in [1.29, 1.82) is 0 Å². The highest BCUT2D eigenvalue weighted by atomic mass is 35.5. The Bertz CT molecular complexity index is 1140. The number of benzene rings is 2. The molecule has 1 aliphatic rings. The number of halogens is 2. The maximum atomic E-state index is 13.5. The number of nitrogens with one attached hydrogen (secondary N) is 1. The summed E-state index contributed by atoms with van der Waals surface area (Å²) in [5.41, 5.74) is 2.20. The summed E-state index contributed by atoms with van der Waals surface area (Å²) in [6.07, 6.45) is 2.81. The van der Waals surface area contributed by atoms with E-state index < -0.39 is 5.82 Å². The van der Waals surface area contributed by atoms with Crippen LogP contribution in [0.2, 0.25) is 5.02 Å². The van der Waals surface area contributed by atoms with Crippen LogP contribution < -0.4 is 15.0 Å². The number of carbonyl (C=O) groups excluding carboxylic acids is 1. The maximum absolute atomic E-state index is 13.5. The lowest BCUT2D eigenvalue weighted by molar-refractivity contribution is -0.134. The average Bonchev–Trinajstić information content (AvgIpc) is 2.82. The molecule has 1 N–H and O–H groups in total. The zero-order valence-electron chi connectivity index (χ0n) is 18.2. The molecule has 1 saturated heterocycles. The van der Waals surface area contributed by atoms with Crippen LogP contribution in [-0.4, -0.2) is 42.2 Å². The summed E-state index contributed by atoms with van der Waals surface area (Å²) in [6, 6.07) is 11.7. The molecule has 0 radical (unpaired) electrons. The Labute approximate surface area is 196 Å². The van der Waals surface area contributed by atoms with Gasteiger partial charge in [0.25, 0.3) is 0 Å². The van der Waals surface area contributed by atoms with E-state index in [2.05, 4.69) is 15.2 Å². The third-order valence-corrected chi connectivity index (χ3v) is 5.38. The van der Waals surface area contributed by atoms with Gasteiger partial charge in [0.15, 0.2) is 0 Å². The predicted octanol–water partition coefficient (Wildman–Crippen LogP) is 5.22. The second-order valence-corrected chi connectivity index (χ2v) is 7.94. The number of aromatic nitrogens is 2. The van der Waals surface area contributed by atoms with Gasteiger partial charge < -0.3 is 19.7 Å². The lowest BCUT2D eigenvalue weighted by atomic mass is 10.1. The molecule has 0 amide bonds. The van der Waals surface area contributed by atoms with Gasteiger partial charge in [-0.3, -0.25) is 4.79 Å². The van der Waals surface area contributed by atoms with Crippen molar-refractivity contribution >= 4 is 35.0 Å². The Kier molecular flexibility index (Phi) is 7.36. The largest absolute Gasteiger partial charge is 0.427 e. The molecule has 4 rings (SSSR count). The first-order valence-corrected chi connectivity index (χ1v) is 11.1. The average molecular weight is 471 g/mol. The van der Waals surface area contributed by atoms with Crippen LogP contribution in [0.15, 0.2) is 48.7 Å². The fraction of sp³-hybridized carbons (Fsp3) is 0.292. The molecule has 2 aromatic carbocycles. The van der Waals surface area contributed by atoms with Gasteiger partial charge in [-0.2, -0.15) is 4.98 Å². The van der Waals surface area contributed by atoms with E-state index in [9.17, 15) is 9.18 Å². The van der Waals surface area contributed by atoms with Crippen molar-refractivity contribution in [3.05, 3.63) is 59.5 Å². The van der Waals surface area contributed by atoms with Crippen LogP contribution in [0.1, 0.15) is 19.8 Å². The first-order valence-electron chi connectivity index (χ1n) is 10.8. The van der Waals surface area contributed by atoms with Crippen LogP contribution in [-0.2, 0) is 9.53 Å². The van der Waals surface area contributed by atoms with Gasteiger partial charge in [0, 0.05) is 37.0 Å². The summed E-state index contributed by atoms with van der Waals surface area (Å²) in [6.45, 7) is 4.47. The van der Waals surface area contributed by atoms with Crippen LogP contribution in [0.5, 0.6) is 5.75 Å². The third-order valence-electron chi connectivity index (χ3n) is 5.09. The smallest absolute Gasteiger partial charge is 0.311 e. The van der Waals surface area contributed by atoms with E-state index in [1.54, 1.807) is 18.3 Å². The molecule has 0 spiro atoms. The second-order valence-electron chi connectivity index (χ2n) is 7.54. The molecular weight excluding hydrogens is 447 g/mol. The van der Waals surface area contributed by atoms with Crippen LogP contribution in [0.25, 0.3) is 11.1 Å². The van der Waals surface area contributed by atoms with Crippen molar-refractivity contribution in [2.45, 2.75) is 19.8 Å². The Hall–Kier alpha value is -3.23. The lowest BCUT2D eigenvalue weighted by Crippen LogP contribution is -2.37. The van der Waals surface area contributed by atoms with E-state index in [0.29, 0.717) is 50.1 Å². The van der Waals surface area contributed by atoms with Crippen LogP contribution in [0, 0.1) is 5.82 Å². The molecule has 0 saturated carbocycles. The van der Waals surface area contributed by atoms with Crippen molar-refractivity contribution in [3.8, 4) is 16.9 Å². The van der Waals surface area contributed by atoms with Gasteiger partial charge in [-0.25, -0.2) is 9.37 Å². The normalized spacial score (nSPS) is 13.6. The van der Waals surface area contributed by atoms with Gasteiger partial charge in [-0.15, -0.1) is 0 Å². The number of rotatable bonds is 7. The number of hydrogen-bond donors (Lipinski definition) is 1. The maximum Gasteiger partial charge on any atom is 0.311 e. The molecule has 0 atom stereocenters. The Morgan fingerprint density at radius 3 is 2.82 bits per heavy atom. The molecular formula is C24H24ClFN4O3. The van der Waals surface area contributed by atoms with E-state index in [4.69, 9.17) is 26.1 Å². The minimum Gasteiger partial charge on any atom is -0.427 e. The Balaban J connectivity index is 1.67. The van der Waals surface area contributed by atoms with Crippen molar-refractivity contribution in [3.63, 3.8) is 0 Å². The molecule has 0 bridgehead atoms. The summed E-state index contributed by atoms with van der Waals surface area (Å²) in [4.78, 5) is 23.2. The van der Waals surface area contributed by atoms with Gasteiger partial charge in [0.05, 0.1) is 18.2 Å². The zero-order valence-corrected chi connectivity index (χ0v) is 18.9. The number of carbonyl (C=O) groups is 1. The van der Waals surface area contributed by atoms with E-state index in [0.717, 1.165) is 23.4 Å². The Morgan fingerprint density at radius 2 is 2.06 bits per heavy atom. The summed E-state index contributed by atoms with van der Waals surface area (Å²) in [5.74, 6) is 0.792. The van der Waals surface area contributed by atoms with Gasteiger partial charge in [-0.1, -0.05) is 30.7 Å². The standard InChI is InChI=1S/C24H24ClFN4O3/c1-2-4-22(31)33-18-6-3-5-16(13-18)19-15-27-24(28-17-7-8-21(26)20(25)14-17)29-23(19)30-9-11-32-12-10-30/h3,5-8,13-15H,2,4,9-12H2,1H3,(H,27,28,29). The lowest BCUT2D eigenvalue weighted by Gasteiger charge is -2.29. The monoisotopic (exact) mass is 470 g/mol. The molecule has 7 nitrogen and oxygen atoms in total. The number of nitrogens with zero attached hydrogens (tertiary/aromatic N) is 3. The molecule has 1 aromatic heterocycles. The topological polar surface area (TPSA) is 76.6 Å². The highest BCUT2D eigenvalue weighted by Gasteiger charge is 2.19. The van der Waals surface area contributed by atoms with Gasteiger partial charge in [0.2, 0.25) is 5.95 Å². The molecule has 172 valence electrons. The second kappa shape index (κ2) is 10.6. The molecule has 3 aromatic rings. The fourth-order valence-electron chi connectivity index (χ4n) is 3.47. The van der Waals surface area contributed by atoms with Crippen molar-refractivity contribution in [1.82, 2.24) is 9.97 Å². The number of esters is 1. The van der Waals surface area contributed by atoms with Crippen LogP contribution in [0.4, 0.5) is 21.8 Å². The number of hydrogen-bond acceptors (Lipinski definition) is 7. The molecule has 0 unspecified atom stereocenters. The number of anilines is 3. The highest BCUT2D eigenvalue weighted by Crippen LogP contribution is 2.33. The molecule has 2 heterocycles. The van der Waals surface area contributed by atoms with E-state index >= 15 is 0 Å². The van der Waals surface area contributed by atoms with E-state index in [1.165, 1.54) is 12.1 Å².